The van der Waals surface area contributed by atoms with Gasteiger partial charge < -0.3 is 25.8 Å². The molecular weight excluding hydrogens is 446 g/mol. The van der Waals surface area contributed by atoms with E-state index < -0.39 is 5.97 Å². The molecule has 1 heterocycles. The van der Waals surface area contributed by atoms with Crippen LogP contribution in [0.2, 0.25) is 0 Å². The minimum absolute atomic E-state index is 0.176. The highest BCUT2D eigenvalue weighted by Gasteiger charge is 2.62. The molecule has 200 valence electrons. The molecule has 0 amide bonds. The second kappa shape index (κ2) is 10.3. The van der Waals surface area contributed by atoms with Crippen molar-refractivity contribution in [2.24, 2.45) is 52.1 Å². The molecule has 5 aliphatic rings. The van der Waals surface area contributed by atoms with E-state index in [0.29, 0.717) is 48.0 Å². The van der Waals surface area contributed by atoms with E-state index in [-0.39, 0.29) is 42.0 Å². The number of carbonyl (C=O) groups is 2. The number of hydrogen-bond donors (Lipinski definition) is 4. The molecule has 4 saturated carbocycles. The van der Waals surface area contributed by atoms with Crippen molar-refractivity contribution in [1.82, 2.24) is 0 Å². The minimum Gasteiger partial charge on any atom is -0.481 e. The second-order valence-electron chi connectivity index (χ2n) is 12.9. The first-order chi connectivity index (χ1) is 16.5. The lowest BCUT2D eigenvalue weighted by molar-refractivity contribution is -0.172. The van der Waals surface area contributed by atoms with E-state index >= 15 is 0 Å². The van der Waals surface area contributed by atoms with Gasteiger partial charge in [0.25, 0.3) is 0 Å². The predicted molar refractivity (Wildman–Crippen MR) is 132 cm³/mol. The van der Waals surface area contributed by atoms with Gasteiger partial charge in [0, 0.05) is 12.8 Å². The Kier molecular flexibility index (Phi) is 7.90. The van der Waals surface area contributed by atoms with Crippen molar-refractivity contribution in [3.05, 3.63) is 0 Å². The summed E-state index contributed by atoms with van der Waals surface area (Å²) in [5, 5.41) is 30.4. The Labute approximate surface area is 210 Å². The molecule has 7 nitrogen and oxygen atoms in total. The third-order valence-electron chi connectivity index (χ3n) is 11.2. The smallest absolute Gasteiger partial charge is 0.323 e. The fraction of sp³-hybridized carbons (Fsp3) is 0.929. The van der Waals surface area contributed by atoms with Crippen molar-refractivity contribution < 1.29 is 29.6 Å². The van der Waals surface area contributed by atoms with Crippen LogP contribution in [-0.4, -0.2) is 52.1 Å². The highest BCUT2D eigenvalue weighted by molar-refractivity contribution is 5.77. The number of carboxylic acid groups (broad SMARTS) is 1. The van der Waals surface area contributed by atoms with Gasteiger partial charge in [-0.3, -0.25) is 9.59 Å². The van der Waals surface area contributed by atoms with E-state index in [0.717, 1.165) is 32.1 Å². The van der Waals surface area contributed by atoms with Gasteiger partial charge in [-0.15, -0.1) is 0 Å². The van der Waals surface area contributed by atoms with Gasteiger partial charge >= 0.3 is 11.9 Å². The number of carbonyl (C=O) groups excluding carboxylic acids is 1. The van der Waals surface area contributed by atoms with Gasteiger partial charge in [0.15, 0.2) is 0 Å². The average Bonchev–Trinajstić information content (AvgIpc) is 3.35. The van der Waals surface area contributed by atoms with E-state index in [1.54, 1.807) is 0 Å². The van der Waals surface area contributed by atoms with Crippen molar-refractivity contribution in [1.29, 1.82) is 0 Å². The summed E-state index contributed by atoms with van der Waals surface area (Å²) >= 11 is 0. The molecule has 1 aliphatic heterocycles. The first-order valence-corrected chi connectivity index (χ1v) is 14.0. The van der Waals surface area contributed by atoms with Crippen LogP contribution in [0.5, 0.6) is 0 Å². The lowest BCUT2D eigenvalue weighted by Crippen LogP contribution is -2.58. The largest absolute Gasteiger partial charge is 0.481 e. The molecule has 0 spiro atoms. The molecule has 5 N–H and O–H groups in total. The molecule has 5 rings (SSSR count). The van der Waals surface area contributed by atoms with Crippen LogP contribution in [0.15, 0.2) is 0 Å². The molecule has 0 aromatic heterocycles. The summed E-state index contributed by atoms with van der Waals surface area (Å²) in [6.07, 6.45) is 9.84. The third-order valence-corrected chi connectivity index (χ3v) is 11.2. The van der Waals surface area contributed by atoms with Crippen molar-refractivity contribution in [3.63, 3.8) is 0 Å². The quantitative estimate of drug-likeness (QED) is 0.439. The van der Waals surface area contributed by atoms with Crippen molar-refractivity contribution in [2.75, 3.05) is 6.61 Å². The molecule has 4 unspecified atom stereocenters. The molecule has 35 heavy (non-hydrogen) atoms. The Bertz CT molecular complexity index is 789. The van der Waals surface area contributed by atoms with Crippen LogP contribution in [0, 0.1) is 46.3 Å². The SMILES string of the molecule is C[C@H](CCC(=O)O)[C@H]1CCC2C3C[C@H](O)C4C[C@H](O)CC[C@]4(C)C3CC[C@@]21C.N[C@H]1CCOC1=O. The van der Waals surface area contributed by atoms with Crippen LogP contribution < -0.4 is 5.73 Å². The fourth-order valence-corrected chi connectivity index (χ4v) is 9.32. The van der Waals surface area contributed by atoms with Crippen molar-refractivity contribution >= 4 is 11.9 Å². The van der Waals surface area contributed by atoms with Gasteiger partial charge in [0.1, 0.15) is 6.04 Å². The van der Waals surface area contributed by atoms with Crippen molar-refractivity contribution in [3.8, 4) is 0 Å². The van der Waals surface area contributed by atoms with E-state index in [2.05, 4.69) is 25.5 Å². The number of fused-ring (bicyclic) bond motifs is 5. The Morgan fingerprint density at radius 1 is 1.03 bits per heavy atom. The molecule has 0 bridgehead atoms. The number of cyclic esters (lactones) is 1. The number of ether oxygens (including phenoxy) is 1. The number of aliphatic hydroxyl groups excluding tert-OH is 2. The maximum Gasteiger partial charge on any atom is 0.323 e. The highest BCUT2D eigenvalue weighted by atomic mass is 16.5. The summed E-state index contributed by atoms with van der Waals surface area (Å²) in [4.78, 5) is 21.3. The van der Waals surface area contributed by atoms with Gasteiger partial charge in [-0.1, -0.05) is 20.8 Å². The lowest BCUT2D eigenvalue weighted by Gasteiger charge is -2.62. The topological polar surface area (TPSA) is 130 Å². The zero-order chi connectivity index (χ0) is 25.5. The number of aliphatic carboxylic acids is 1. The van der Waals surface area contributed by atoms with Crippen LogP contribution in [0.3, 0.4) is 0 Å². The van der Waals surface area contributed by atoms with Gasteiger partial charge in [0.2, 0.25) is 0 Å². The minimum atomic E-state index is -0.677. The Morgan fingerprint density at radius 2 is 1.71 bits per heavy atom. The molecule has 5 fully saturated rings. The van der Waals surface area contributed by atoms with Crippen molar-refractivity contribution in [2.45, 2.75) is 110 Å². The predicted octanol–water partition coefficient (Wildman–Crippen LogP) is 3.74. The standard InChI is InChI=1S/C24H40O4.C4H7NO2/c1-14(4-7-22(27)28)17-5-6-18-16-13-21(26)20-12-15(25)8-10-24(20,3)19(16)9-11-23(17,18)2;5-3-1-2-7-4(3)6/h14-21,25-26H,4-13H2,1-3H3,(H,27,28);3H,1-2,5H2/t14-,15-,16?,17-,18?,19?,20?,21+,23-,24-;3-/m10/s1. The Hall–Kier alpha value is -1.18. The monoisotopic (exact) mass is 493 g/mol. The summed E-state index contributed by atoms with van der Waals surface area (Å²) in [7, 11) is 0. The summed E-state index contributed by atoms with van der Waals surface area (Å²) < 4.78 is 4.50. The van der Waals surface area contributed by atoms with E-state index in [1.807, 2.05) is 0 Å². The number of carboxylic acids is 1. The average molecular weight is 494 g/mol. The molecule has 7 heteroatoms. The first kappa shape index (κ1) is 26.9. The molecular formula is C28H47NO6. The van der Waals surface area contributed by atoms with Gasteiger partial charge in [0.05, 0.1) is 18.8 Å². The van der Waals surface area contributed by atoms with E-state index in [4.69, 9.17) is 10.8 Å². The van der Waals surface area contributed by atoms with Crippen LogP contribution >= 0.6 is 0 Å². The molecule has 1 saturated heterocycles. The molecule has 0 aromatic carbocycles. The van der Waals surface area contributed by atoms with E-state index in [1.165, 1.54) is 25.7 Å². The van der Waals surface area contributed by atoms with Crippen LogP contribution in [0.25, 0.3) is 0 Å². The second-order valence-corrected chi connectivity index (χ2v) is 12.9. The first-order valence-electron chi connectivity index (χ1n) is 14.0. The van der Waals surface area contributed by atoms with Gasteiger partial charge in [-0.25, -0.2) is 0 Å². The Morgan fingerprint density at radius 3 is 2.31 bits per heavy atom. The number of esters is 1. The maximum atomic E-state index is 11.1. The summed E-state index contributed by atoms with van der Waals surface area (Å²) in [6.45, 7) is 7.66. The van der Waals surface area contributed by atoms with Crippen LogP contribution in [-0.2, 0) is 14.3 Å². The van der Waals surface area contributed by atoms with E-state index in [9.17, 15) is 19.8 Å². The molecule has 11 atom stereocenters. The maximum absolute atomic E-state index is 11.1. The molecule has 4 aliphatic carbocycles. The van der Waals surface area contributed by atoms with Gasteiger partial charge in [-0.2, -0.15) is 0 Å². The zero-order valence-corrected chi connectivity index (χ0v) is 21.8. The third kappa shape index (κ3) is 5.02. The molecule has 0 radical (unpaired) electrons. The highest BCUT2D eigenvalue weighted by Crippen LogP contribution is 2.68. The number of aliphatic hydroxyl groups is 2. The fourth-order valence-electron chi connectivity index (χ4n) is 9.32. The molecule has 0 aromatic rings. The summed E-state index contributed by atoms with van der Waals surface area (Å²) in [6, 6.07) is -0.347. The summed E-state index contributed by atoms with van der Waals surface area (Å²) in [5.74, 6) is 2.35. The lowest BCUT2D eigenvalue weighted by atomic mass is 9.44. The number of hydrogen-bond acceptors (Lipinski definition) is 6. The van der Waals surface area contributed by atoms with Crippen LogP contribution in [0.4, 0.5) is 0 Å². The number of rotatable bonds is 4. The normalized spacial score (nSPS) is 47.4. The Balaban J connectivity index is 0.000000356. The van der Waals surface area contributed by atoms with Crippen LogP contribution in [0.1, 0.15) is 91.4 Å². The number of nitrogens with two attached hydrogens (primary N) is 1. The summed E-state index contributed by atoms with van der Waals surface area (Å²) in [5.41, 5.74) is 5.68. The zero-order valence-electron chi connectivity index (χ0n) is 21.8. The van der Waals surface area contributed by atoms with Gasteiger partial charge in [-0.05, 0) is 104 Å².